The molecule has 1 saturated heterocycles. The van der Waals surface area contributed by atoms with Gasteiger partial charge in [0.2, 0.25) is 11.9 Å². The number of piperazine rings is 1. The van der Waals surface area contributed by atoms with Gasteiger partial charge in [-0.3, -0.25) is 9.69 Å². The maximum atomic E-state index is 13.0. The summed E-state index contributed by atoms with van der Waals surface area (Å²) in [7, 11) is 0. The minimum Gasteiger partial charge on any atom is -0.341 e. The summed E-state index contributed by atoms with van der Waals surface area (Å²) < 4.78 is 2.31. The van der Waals surface area contributed by atoms with Gasteiger partial charge in [-0.1, -0.05) is 18.2 Å². The number of nitrogens with one attached hydrogen (secondary N) is 1. The molecule has 32 heavy (non-hydrogen) atoms. The highest BCUT2D eigenvalue weighted by atomic mass is 16.2. The number of nitrogens with zero attached hydrogens (tertiary/aromatic N) is 5. The van der Waals surface area contributed by atoms with E-state index in [9.17, 15) is 4.79 Å². The van der Waals surface area contributed by atoms with Crippen LogP contribution in [0.25, 0.3) is 21.8 Å². The second-order valence-corrected chi connectivity index (χ2v) is 8.23. The molecule has 0 bridgehead atoms. The van der Waals surface area contributed by atoms with Crippen molar-refractivity contribution in [3.63, 3.8) is 0 Å². The number of fused-ring (bicyclic) bond motifs is 3. The zero-order valence-electron chi connectivity index (χ0n) is 18.5. The van der Waals surface area contributed by atoms with E-state index in [-0.39, 0.29) is 11.9 Å². The zero-order valence-corrected chi connectivity index (χ0v) is 18.5. The molecule has 0 aliphatic carbocycles. The molecule has 1 fully saturated rings. The van der Waals surface area contributed by atoms with E-state index in [2.05, 4.69) is 73.0 Å². The fraction of sp³-hybridized carbons (Fsp3) is 0.320. The van der Waals surface area contributed by atoms with E-state index in [0.717, 1.165) is 44.4 Å². The third-order valence-electron chi connectivity index (χ3n) is 6.43. The number of hydrogen-bond donors (Lipinski definition) is 1. The van der Waals surface area contributed by atoms with Gasteiger partial charge in [-0.2, -0.15) is 0 Å². The molecule has 1 amide bonds. The van der Waals surface area contributed by atoms with Crippen molar-refractivity contribution in [3.8, 4) is 0 Å². The molecule has 7 heteroatoms. The molecule has 4 aromatic rings. The van der Waals surface area contributed by atoms with Crippen LogP contribution in [0.5, 0.6) is 0 Å². The SMILES string of the molecule is CCn1c2ccccc2c2cc(NC(=O)[C@@H](C)N3CCN(c4ncccn4)CC3)ccc21. The highest BCUT2D eigenvalue weighted by molar-refractivity contribution is 6.10. The molecule has 1 aliphatic rings. The van der Waals surface area contributed by atoms with Crippen LogP contribution in [-0.4, -0.2) is 57.6 Å². The largest absolute Gasteiger partial charge is 0.341 e. The molecule has 164 valence electrons. The van der Waals surface area contributed by atoms with Gasteiger partial charge >= 0.3 is 0 Å². The Bertz CT molecular complexity index is 1240. The lowest BCUT2D eigenvalue weighted by Gasteiger charge is -2.37. The lowest BCUT2D eigenvalue weighted by molar-refractivity contribution is -0.120. The summed E-state index contributed by atoms with van der Waals surface area (Å²) in [5, 5.41) is 5.52. The van der Waals surface area contributed by atoms with Gasteiger partial charge in [0, 0.05) is 72.6 Å². The van der Waals surface area contributed by atoms with Gasteiger partial charge in [-0.15, -0.1) is 0 Å². The Morgan fingerprint density at radius 2 is 1.69 bits per heavy atom. The summed E-state index contributed by atoms with van der Waals surface area (Å²) >= 11 is 0. The van der Waals surface area contributed by atoms with E-state index in [0.29, 0.717) is 0 Å². The number of amides is 1. The smallest absolute Gasteiger partial charge is 0.241 e. The molecule has 1 N–H and O–H groups in total. The Labute approximate surface area is 187 Å². The fourth-order valence-electron chi connectivity index (χ4n) is 4.65. The molecule has 1 atom stereocenters. The highest BCUT2D eigenvalue weighted by Gasteiger charge is 2.26. The molecule has 0 spiro atoms. The molecule has 0 saturated carbocycles. The minimum atomic E-state index is -0.207. The number of aryl methyl sites for hydroxylation is 1. The predicted octanol–water partition coefficient (Wildman–Crippen LogP) is 3.75. The first-order chi connectivity index (χ1) is 15.7. The van der Waals surface area contributed by atoms with Crippen LogP contribution in [0.3, 0.4) is 0 Å². The molecule has 2 aromatic carbocycles. The van der Waals surface area contributed by atoms with E-state index in [4.69, 9.17) is 0 Å². The Hall–Kier alpha value is -3.45. The van der Waals surface area contributed by atoms with Crippen LogP contribution in [-0.2, 0) is 11.3 Å². The molecular formula is C25H28N6O. The highest BCUT2D eigenvalue weighted by Crippen LogP contribution is 2.31. The summed E-state index contributed by atoms with van der Waals surface area (Å²) in [5.74, 6) is 0.775. The molecule has 3 heterocycles. The van der Waals surface area contributed by atoms with Crippen LogP contribution in [0.15, 0.2) is 60.9 Å². The van der Waals surface area contributed by atoms with Crippen molar-refractivity contribution in [1.82, 2.24) is 19.4 Å². The Balaban J connectivity index is 1.29. The summed E-state index contributed by atoms with van der Waals surface area (Å²) in [6.45, 7) is 8.27. The average Bonchev–Trinajstić information content (AvgIpc) is 3.17. The van der Waals surface area contributed by atoms with Gasteiger partial charge in [-0.05, 0) is 44.2 Å². The number of hydrogen-bond acceptors (Lipinski definition) is 5. The summed E-state index contributed by atoms with van der Waals surface area (Å²) in [6.07, 6.45) is 3.53. The third kappa shape index (κ3) is 3.69. The molecule has 0 radical (unpaired) electrons. The van der Waals surface area contributed by atoms with Gasteiger partial charge in [0.05, 0.1) is 6.04 Å². The molecular weight excluding hydrogens is 400 g/mol. The van der Waals surface area contributed by atoms with E-state index in [1.807, 2.05) is 19.1 Å². The minimum absolute atomic E-state index is 0.0213. The van der Waals surface area contributed by atoms with Crippen LogP contribution < -0.4 is 10.2 Å². The van der Waals surface area contributed by atoms with Crippen LogP contribution >= 0.6 is 0 Å². The quantitative estimate of drug-likeness (QED) is 0.524. The molecule has 1 aliphatic heterocycles. The van der Waals surface area contributed by atoms with Crippen molar-refractivity contribution in [2.75, 3.05) is 36.4 Å². The van der Waals surface area contributed by atoms with Crippen molar-refractivity contribution >= 4 is 39.3 Å². The van der Waals surface area contributed by atoms with Crippen LogP contribution in [0, 0.1) is 0 Å². The van der Waals surface area contributed by atoms with E-state index in [1.165, 1.54) is 21.8 Å². The number of anilines is 2. The van der Waals surface area contributed by atoms with Crippen LogP contribution in [0.4, 0.5) is 11.6 Å². The summed E-state index contributed by atoms with van der Waals surface area (Å²) in [4.78, 5) is 26.1. The normalized spacial score (nSPS) is 15.9. The summed E-state index contributed by atoms with van der Waals surface area (Å²) in [5.41, 5.74) is 3.26. The van der Waals surface area contributed by atoms with Gasteiger partial charge in [0.15, 0.2) is 0 Å². The van der Waals surface area contributed by atoms with Crippen LogP contribution in [0.1, 0.15) is 13.8 Å². The Morgan fingerprint density at radius 1 is 0.969 bits per heavy atom. The van der Waals surface area contributed by atoms with E-state index < -0.39 is 0 Å². The fourth-order valence-corrected chi connectivity index (χ4v) is 4.65. The second-order valence-electron chi connectivity index (χ2n) is 8.23. The monoisotopic (exact) mass is 428 g/mol. The molecule has 5 rings (SSSR count). The lowest BCUT2D eigenvalue weighted by atomic mass is 10.1. The Morgan fingerprint density at radius 3 is 2.44 bits per heavy atom. The van der Waals surface area contributed by atoms with Crippen molar-refractivity contribution < 1.29 is 4.79 Å². The number of aromatic nitrogens is 3. The standard InChI is InChI=1S/C25H28N6O/c1-3-31-22-8-5-4-7-20(22)21-17-19(9-10-23(21)31)28-24(32)18(2)29-13-15-30(16-14-29)25-26-11-6-12-27-25/h4-12,17-18H,3,13-16H2,1-2H3,(H,28,32)/t18-/m1/s1. The van der Waals surface area contributed by atoms with E-state index in [1.54, 1.807) is 12.4 Å². The van der Waals surface area contributed by atoms with Crippen LogP contribution in [0.2, 0.25) is 0 Å². The Kier molecular flexibility index (Phi) is 5.49. The number of rotatable bonds is 5. The van der Waals surface area contributed by atoms with Gasteiger partial charge < -0.3 is 14.8 Å². The second kappa shape index (κ2) is 8.59. The first kappa shape index (κ1) is 20.5. The number of carbonyl (C=O) groups is 1. The molecule has 2 aromatic heterocycles. The number of benzene rings is 2. The lowest BCUT2D eigenvalue weighted by Crippen LogP contribution is -2.53. The molecule has 7 nitrogen and oxygen atoms in total. The zero-order chi connectivity index (χ0) is 22.1. The third-order valence-corrected chi connectivity index (χ3v) is 6.43. The predicted molar refractivity (Wildman–Crippen MR) is 129 cm³/mol. The first-order valence-electron chi connectivity index (χ1n) is 11.2. The van der Waals surface area contributed by atoms with E-state index >= 15 is 0 Å². The first-order valence-corrected chi connectivity index (χ1v) is 11.2. The number of para-hydroxylation sites is 1. The topological polar surface area (TPSA) is 66.3 Å². The maximum absolute atomic E-state index is 13.0. The van der Waals surface area contributed by atoms with Gasteiger partial charge in [0.1, 0.15) is 0 Å². The van der Waals surface area contributed by atoms with Crippen molar-refractivity contribution in [1.29, 1.82) is 0 Å². The number of carbonyl (C=O) groups excluding carboxylic acids is 1. The average molecular weight is 429 g/mol. The van der Waals surface area contributed by atoms with Gasteiger partial charge in [0.25, 0.3) is 0 Å². The van der Waals surface area contributed by atoms with Crippen molar-refractivity contribution in [2.24, 2.45) is 0 Å². The van der Waals surface area contributed by atoms with Gasteiger partial charge in [-0.25, -0.2) is 9.97 Å². The maximum Gasteiger partial charge on any atom is 0.241 e. The molecule has 0 unspecified atom stereocenters. The summed E-state index contributed by atoms with van der Waals surface area (Å²) in [6, 6.07) is 16.3. The van der Waals surface area contributed by atoms with Crippen molar-refractivity contribution in [2.45, 2.75) is 26.4 Å². The van der Waals surface area contributed by atoms with Crippen molar-refractivity contribution in [3.05, 3.63) is 60.9 Å².